The fraction of sp³-hybridized carbons (Fsp3) is 0.438. The first-order valence-corrected chi connectivity index (χ1v) is 7.17. The van der Waals surface area contributed by atoms with Gasteiger partial charge in [0.1, 0.15) is 5.75 Å². The SMILES string of the molecule is CCCN1CCN(C=CC(=O)c2ccccc2O)CC1. The van der Waals surface area contributed by atoms with Crippen LogP contribution in [0.3, 0.4) is 0 Å². The monoisotopic (exact) mass is 274 g/mol. The van der Waals surface area contributed by atoms with Gasteiger partial charge in [-0.25, -0.2) is 0 Å². The summed E-state index contributed by atoms with van der Waals surface area (Å²) in [5, 5.41) is 9.64. The topological polar surface area (TPSA) is 43.8 Å². The van der Waals surface area contributed by atoms with E-state index in [1.807, 2.05) is 6.20 Å². The molecule has 1 N–H and O–H groups in total. The van der Waals surface area contributed by atoms with Gasteiger partial charge in [0.05, 0.1) is 5.56 Å². The largest absolute Gasteiger partial charge is 0.507 e. The van der Waals surface area contributed by atoms with Gasteiger partial charge in [-0.05, 0) is 25.1 Å². The van der Waals surface area contributed by atoms with Gasteiger partial charge in [0, 0.05) is 38.5 Å². The smallest absolute Gasteiger partial charge is 0.190 e. The first kappa shape index (κ1) is 14.6. The van der Waals surface area contributed by atoms with Crippen molar-refractivity contribution in [1.29, 1.82) is 0 Å². The maximum Gasteiger partial charge on any atom is 0.190 e. The molecule has 0 unspecified atom stereocenters. The third-order valence-corrected chi connectivity index (χ3v) is 3.55. The van der Waals surface area contributed by atoms with Crippen LogP contribution < -0.4 is 0 Å². The number of ketones is 1. The molecule has 1 saturated heterocycles. The molecule has 0 amide bonds. The molecule has 20 heavy (non-hydrogen) atoms. The second kappa shape index (κ2) is 7.10. The van der Waals surface area contributed by atoms with Crippen molar-refractivity contribution in [1.82, 2.24) is 9.80 Å². The van der Waals surface area contributed by atoms with Crippen molar-refractivity contribution < 1.29 is 9.90 Å². The predicted octanol–water partition coefficient (Wildman–Crippen LogP) is 2.12. The van der Waals surface area contributed by atoms with Crippen molar-refractivity contribution in [3.8, 4) is 5.75 Å². The van der Waals surface area contributed by atoms with E-state index in [-0.39, 0.29) is 11.5 Å². The molecule has 1 aromatic rings. The molecule has 4 heteroatoms. The van der Waals surface area contributed by atoms with E-state index in [0.717, 1.165) is 32.7 Å². The lowest BCUT2D eigenvalue weighted by atomic mass is 10.1. The molecule has 4 nitrogen and oxygen atoms in total. The summed E-state index contributed by atoms with van der Waals surface area (Å²) in [7, 11) is 0. The van der Waals surface area contributed by atoms with E-state index in [1.165, 1.54) is 12.5 Å². The van der Waals surface area contributed by atoms with Gasteiger partial charge in [-0.1, -0.05) is 19.1 Å². The third kappa shape index (κ3) is 3.84. The summed E-state index contributed by atoms with van der Waals surface area (Å²) in [5.74, 6) is -0.117. The Morgan fingerprint density at radius 2 is 1.95 bits per heavy atom. The fourth-order valence-electron chi connectivity index (χ4n) is 2.40. The molecule has 1 heterocycles. The lowest BCUT2D eigenvalue weighted by Gasteiger charge is -2.33. The zero-order valence-electron chi connectivity index (χ0n) is 12.0. The Hall–Kier alpha value is -1.81. The molecule has 0 spiro atoms. The fourth-order valence-corrected chi connectivity index (χ4v) is 2.40. The zero-order chi connectivity index (χ0) is 14.4. The second-order valence-corrected chi connectivity index (χ2v) is 5.07. The van der Waals surface area contributed by atoms with Gasteiger partial charge < -0.3 is 10.0 Å². The summed E-state index contributed by atoms with van der Waals surface area (Å²) in [6, 6.07) is 6.64. The molecule has 0 bridgehead atoms. The molecular weight excluding hydrogens is 252 g/mol. The van der Waals surface area contributed by atoms with E-state index in [2.05, 4.69) is 16.7 Å². The summed E-state index contributed by atoms with van der Waals surface area (Å²) in [4.78, 5) is 16.6. The minimum Gasteiger partial charge on any atom is -0.507 e. The van der Waals surface area contributed by atoms with E-state index in [1.54, 1.807) is 24.3 Å². The standard InChI is InChI=1S/C16H22N2O2/c1-2-8-17-10-12-18(13-11-17)9-7-16(20)14-5-3-4-6-15(14)19/h3-7,9,19H,2,8,10-13H2,1H3. The first-order chi connectivity index (χ1) is 9.70. The van der Waals surface area contributed by atoms with Crippen molar-refractivity contribution in [3.05, 3.63) is 42.1 Å². The Labute approximate surface area is 120 Å². The highest BCUT2D eigenvalue weighted by Gasteiger charge is 2.14. The lowest BCUT2D eigenvalue weighted by molar-refractivity contribution is 0.104. The van der Waals surface area contributed by atoms with Gasteiger partial charge in [0.2, 0.25) is 0 Å². The molecule has 0 aromatic heterocycles. The molecule has 108 valence electrons. The van der Waals surface area contributed by atoms with E-state index >= 15 is 0 Å². The number of piperazine rings is 1. The molecule has 0 atom stereocenters. The van der Waals surface area contributed by atoms with E-state index in [9.17, 15) is 9.90 Å². The highest BCUT2D eigenvalue weighted by atomic mass is 16.3. The molecule has 1 aliphatic rings. The third-order valence-electron chi connectivity index (χ3n) is 3.55. The summed E-state index contributed by atoms with van der Waals surface area (Å²) < 4.78 is 0. The van der Waals surface area contributed by atoms with Gasteiger partial charge in [-0.15, -0.1) is 0 Å². The Kier molecular flexibility index (Phi) is 5.18. The molecule has 0 aliphatic carbocycles. The quantitative estimate of drug-likeness (QED) is 0.660. The second-order valence-electron chi connectivity index (χ2n) is 5.07. The van der Waals surface area contributed by atoms with Crippen LogP contribution in [0.15, 0.2) is 36.5 Å². The van der Waals surface area contributed by atoms with Crippen LogP contribution in [-0.4, -0.2) is 53.4 Å². The highest BCUT2D eigenvalue weighted by Crippen LogP contribution is 2.16. The summed E-state index contributed by atoms with van der Waals surface area (Å²) >= 11 is 0. The van der Waals surface area contributed by atoms with Crippen LogP contribution in [0.25, 0.3) is 0 Å². The average molecular weight is 274 g/mol. The maximum atomic E-state index is 12.0. The van der Waals surface area contributed by atoms with Gasteiger partial charge >= 0.3 is 0 Å². The number of phenolic OH excluding ortho intramolecular Hbond substituents is 1. The van der Waals surface area contributed by atoms with Gasteiger partial charge in [0.15, 0.2) is 5.78 Å². The number of nitrogens with zero attached hydrogens (tertiary/aromatic N) is 2. The van der Waals surface area contributed by atoms with Crippen LogP contribution in [0.5, 0.6) is 5.75 Å². The van der Waals surface area contributed by atoms with Crippen molar-refractivity contribution in [2.24, 2.45) is 0 Å². The van der Waals surface area contributed by atoms with Crippen LogP contribution in [0.2, 0.25) is 0 Å². The number of allylic oxidation sites excluding steroid dienone is 1. The molecule has 1 aliphatic heterocycles. The summed E-state index contributed by atoms with van der Waals surface area (Å²) in [6.45, 7) is 7.33. The Morgan fingerprint density at radius 3 is 2.60 bits per heavy atom. The minimum atomic E-state index is -0.154. The van der Waals surface area contributed by atoms with Crippen LogP contribution >= 0.6 is 0 Å². The molecule has 1 fully saturated rings. The zero-order valence-corrected chi connectivity index (χ0v) is 12.0. The average Bonchev–Trinajstić information content (AvgIpc) is 2.47. The van der Waals surface area contributed by atoms with Crippen LogP contribution in [-0.2, 0) is 0 Å². The lowest BCUT2D eigenvalue weighted by Crippen LogP contribution is -2.44. The first-order valence-electron chi connectivity index (χ1n) is 7.17. The molecule has 0 saturated carbocycles. The number of rotatable bonds is 5. The molecule has 1 aromatic carbocycles. The number of para-hydroxylation sites is 1. The van der Waals surface area contributed by atoms with Crippen molar-refractivity contribution in [2.45, 2.75) is 13.3 Å². The molecule has 0 radical (unpaired) electrons. The Morgan fingerprint density at radius 1 is 1.25 bits per heavy atom. The number of carbonyl (C=O) groups is 1. The van der Waals surface area contributed by atoms with Crippen LogP contribution in [0, 0.1) is 0 Å². The summed E-state index contributed by atoms with van der Waals surface area (Å²) in [5.41, 5.74) is 0.355. The number of benzene rings is 1. The predicted molar refractivity (Wildman–Crippen MR) is 79.9 cm³/mol. The number of aromatic hydroxyl groups is 1. The van der Waals surface area contributed by atoms with Crippen LogP contribution in [0.1, 0.15) is 23.7 Å². The van der Waals surface area contributed by atoms with Gasteiger partial charge in [0.25, 0.3) is 0 Å². The van der Waals surface area contributed by atoms with Gasteiger partial charge in [-0.2, -0.15) is 0 Å². The van der Waals surface area contributed by atoms with E-state index < -0.39 is 0 Å². The maximum absolute atomic E-state index is 12.0. The van der Waals surface area contributed by atoms with Crippen molar-refractivity contribution in [3.63, 3.8) is 0 Å². The van der Waals surface area contributed by atoms with Crippen molar-refractivity contribution in [2.75, 3.05) is 32.7 Å². The molecular formula is C16H22N2O2. The number of phenols is 1. The number of carbonyl (C=O) groups excluding carboxylic acids is 1. The van der Waals surface area contributed by atoms with E-state index in [0.29, 0.717) is 5.56 Å². The highest BCUT2D eigenvalue weighted by molar-refractivity contribution is 6.06. The van der Waals surface area contributed by atoms with Gasteiger partial charge in [-0.3, -0.25) is 9.69 Å². The Bertz CT molecular complexity index is 477. The Balaban J connectivity index is 1.88. The summed E-state index contributed by atoms with van der Waals surface area (Å²) in [6.07, 6.45) is 4.57. The van der Waals surface area contributed by atoms with Crippen LogP contribution in [0.4, 0.5) is 0 Å². The molecule has 2 rings (SSSR count). The minimum absolute atomic E-state index is 0.0370. The van der Waals surface area contributed by atoms with E-state index in [4.69, 9.17) is 0 Å². The number of hydrogen-bond acceptors (Lipinski definition) is 4. The van der Waals surface area contributed by atoms with Crippen molar-refractivity contribution >= 4 is 5.78 Å². The normalized spacial score (nSPS) is 16.8. The number of hydrogen-bond donors (Lipinski definition) is 1.